The first kappa shape index (κ1) is 22.8. The monoisotopic (exact) mass is 551 g/mol. The minimum atomic E-state index is -0.774. The van der Waals surface area contributed by atoms with Crippen molar-refractivity contribution < 1.29 is 19.2 Å². The van der Waals surface area contributed by atoms with Crippen molar-refractivity contribution in [3.63, 3.8) is 0 Å². The Hall–Kier alpha value is -5.86. The van der Waals surface area contributed by atoms with E-state index >= 15 is 0 Å². The molecule has 0 bridgehead atoms. The largest absolute Gasteiger partial charge is 0.294 e. The zero-order chi connectivity index (χ0) is 28.9. The van der Waals surface area contributed by atoms with E-state index in [0.717, 1.165) is 64.6 Å². The molecule has 8 aromatic rings. The highest BCUT2D eigenvalue weighted by molar-refractivity contribution is 6.45. The van der Waals surface area contributed by atoms with E-state index in [9.17, 15) is 19.2 Å². The number of terminal acetylenes is 1. The van der Waals surface area contributed by atoms with Gasteiger partial charge in [-0.15, -0.1) is 6.42 Å². The lowest BCUT2D eigenvalue weighted by molar-refractivity contribution is 0.0843. The number of hydrogen-bond acceptors (Lipinski definition) is 4. The van der Waals surface area contributed by atoms with Crippen LogP contribution in [0.15, 0.2) is 72.8 Å². The third-order valence-corrected chi connectivity index (χ3v) is 9.83. The van der Waals surface area contributed by atoms with Crippen LogP contribution in [0.5, 0.6) is 0 Å². The molecule has 10 rings (SSSR count). The lowest BCUT2D eigenvalue weighted by Gasteiger charge is -2.23. The van der Waals surface area contributed by atoms with Gasteiger partial charge in [0.1, 0.15) is 0 Å². The smallest absolute Gasteiger partial charge is 0.258 e. The molecule has 0 saturated carbocycles. The molecule has 2 aliphatic rings. The van der Waals surface area contributed by atoms with E-state index in [1.54, 1.807) is 0 Å². The van der Waals surface area contributed by atoms with Gasteiger partial charge in [-0.25, -0.2) is 0 Å². The summed E-state index contributed by atoms with van der Waals surface area (Å²) in [4.78, 5) is 52.4. The van der Waals surface area contributed by atoms with Crippen LogP contribution < -0.4 is 5.32 Å². The van der Waals surface area contributed by atoms with Gasteiger partial charge in [-0.2, -0.15) is 0 Å². The molecule has 1 heterocycles. The molecule has 43 heavy (non-hydrogen) atoms. The highest BCUT2D eigenvalue weighted by Crippen LogP contribution is 2.49. The molecule has 1 aliphatic heterocycles. The number of amides is 2. The Morgan fingerprint density at radius 2 is 0.837 bits per heavy atom. The standard InChI is InChI=1S/C38H17NO4/c1-2-16-15-29(40)25-11-7-21-17-3-5-19-23-9-13-27-35-28(38(43)39-37(27)42)14-10-24(33(23)35)20-6-4-18(30(17)31(19)20)22-8-12-26(36(16)41)34(25)32(21)22/h1,3-14,16H,15H2,(H,39,42,43). The molecular formula is C38H17NO4. The summed E-state index contributed by atoms with van der Waals surface area (Å²) in [7, 11) is 0. The fourth-order valence-corrected chi connectivity index (χ4v) is 8.05. The van der Waals surface area contributed by atoms with Crippen LogP contribution in [0.25, 0.3) is 75.4 Å². The summed E-state index contributed by atoms with van der Waals surface area (Å²) < 4.78 is 0. The summed E-state index contributed by atoms with van der Waals surface area (Å²) in [5, 5.41) is 16.0. The van der Waals surface area contributed by atoms with E-state index in [1.165, 1.54) is 0 Å². The average Bonchev–Trinajstić information content (AvgIpc) is 3.13. The maximum Gasteiger partial charge on any atom is 0.258 e. The maximum atomic E-state index is 13.5. The Bertz CT molecular complexity index is 2640. The van der Waals surface area contributed by atoms with E-state index in [4.69, 9.17) is 6.42 Å². The maximum absolute atomic E-state index is 13.5. The van der Waals surface area contributed by atoms with Gasteiger partial charge in [0.05, 0.1) is 5.92 Å². The van der Waals surface area contributed by atoms with Crippen LogP contribution in [0.2, 0.25) is 0 Å². The first-order valence-electron chi connectivity index (χ1n) is 14.2. The molecule has 1 unspecified atom stereocenters. The van der Waals surface area contributed by atoms with Crippen LogP contribution in [0.3, 0.4) is 0 Å². The molecule has 0 spiro atoms. The van der Waals surface area contributed by atoms with Gasteiger partial charge < -0.3 is 0 Å². The van der Waals surface area contributed by atoms with Crippen molar-refractivity contribution in [3.05, 3.63) is 95.1 Å². The lowest BCUT2D eigenvalue weighted by atomic mass is 9.81. The summed E-state index contributed by atoms with van der Waals surface area (Å²) in [6, 6.07) is 23.7. The van der Waals surface area contributed by atoms with Crippen LogP contribution >= 0.6 is 0 Å². The number of carbonyl (C=O) groups is 4. The van der Waals surface area contributed by atoms with Crippen LogP contribution in [-0.2, 0) is 0 Å². The molecule has 8 aromatic carbocycles. The average molecular weight is 552 g/mol. The lowest BCUT2D eigenvalue weighted by Crippen LogP contribution is -2.34. The van der Waals surface area contributed by atoms with Gasteiger partial charge in [0.25, 0.3) is 11.8 Å². The fourth-order valence-electron chi connectivity index (χ4n) is 8.05. The Labute approximate surface area is 242 Å². The molecule has 0 radical (unpaired) electrons. The van der Waals surface area contributed by atoms with Crippen molar-refractivity contribution in [2.45, 2.75) is 6.42 Å². The molecular weight excluding hydrogens is 534 g/mol. The molecule has 2 amide bonds. The van der Waals surface area contributed by atoms with Crippen molar-refractivity contribution in [2.24, 2.45) is 5.92 Å². The predicted molar refractivity (Wildman–Crippen MR) is 169 cm³/mol. The molecule has 1 aliphatic carbocycles. The number of hydrogen-bond donors (Lipinski definition) is 1. The zero-order valence-corrected chi connectivity index (χ0v) is 22.4. The van der Waals surface area contributed by atoms with Crippen molar-refractivity contribution in [1.82, 2.24) is 5.32 Å². The van der Waals surface area contributed by atoms with E-state index in [1.807, 2.05) is 48.5 Å². The van der Waals surface area contributed by atoms with Crippen LogP contribution in [-0.4, -0.2) is 23.4 Å². The first-order chi connectivity index (χ1) is 21.0. The summed E-state index contributed by atoms with van der Waals surface area (Å²) in [5.74, 6) is 0.713. The van der Waals surface area contributed by atoms with Crippen LogP contribution in [0.4, 0.5) is 0 Å². The number of benzene rings is 8. The molecule has 0 saturated heterocycles. The normalized spacial score (nSPS) is 16.9. The second kappa shape index (κ2) is 7.31. The van der Waals surface area contributed by atoms with Gasteiger partial charge in [-0.1, -0.05) is 66.6 Å². The minimum absolute atomic E-state index is 0.00826. The minimum Gasteiger partial charge on any atom is -0.294 e. The summed E-state index contributed by atoms with van der Waals surface area (Å²) in [6.45, 7) is 0. The van der Waals surface area contributed by atoms with E-state index in [0.29, 0.717) is 33.0 Å². The van der Waals surface area contributed by atoms with Gasteiger partial charge in [-0.05, 0) is 76.8 Å². The van der Waals surface area contributed by atoms with Gasteiger partial charge in [0, 0.05) is 39.4 Å². The second-order valence-electron chi connectivity index (χ2n) is 11.7. The molecule has 1 atom stereocenters. The molecule has 0 fully saturated rings. The summed E-state index contributed by atoms with van der Waals surface area (Å²) in [5.41, 5.74) is 2.06. The van der Waals surface area contributed by atoms with Crippen LogP contribution in [0.1, 0.15) is 47.9 Å². The number of fused-ring (bicyclic) bond motifs is 4. The van der Waals surface area contributed by atoms with E-state index in [2.05, 4.69) is 35.5 Å². The summed E-state index contributed by atoms with van der Waals surface area (Å²) in [6.07, 6.45) is 5.70. The van der Waals surface area contributed by atoms with Crippen molar-refractivity contribution in [1.29, 1.82) is 0 Å². The highest BCUT2D eigenvalue weighted by atomic mass is 16.2. The number of ketones is 2. The van der Waals surface area contributed by atoms with E-state index < -0.39 is 5.92 Å². The van der Waals surface area contributed by atoms with Gasteiger partial charge in [-0.3, -0.25) is 24.5 Å². The third-order valence-electron chi connectivity index (χ3n) is 9.83. The van der Waals surface area contributed by atoms with Crippen molar-refractivity contribution in [2.75, 3.05) is 0 Å². The fraction of sp³-hybridized carbons (Fsp3) is 0.0526. The molecule has 5 heteroatoms. The molecule has 1 N–H and O–H groups in total. The quantitative estimate of drug-likeness (QED) is 0.0914. The predicted octanol–water partition coefficient (Wildman–Crippen LogP) is 7.54. The topological polar surface area (TPSA) is 80.3 Å². The number of nitrogens with one attached hydrogen (secondary N) is 1. The van der Waals surface area contributed by atoms with Gasteiger partial charge in [0.15, 0.2) is 11.6 Å². The number of imide groups is 1. The Morgan fingerprint density at radius 3 is 1.28 bits per heavy atom. The first-order valence-corrected chi connectivity index (χ1v) is 14.2. The SMILES string of the molecule is C#CC1CC(=O)c2ccc3c4ccc5c6ccc7c8c(ccc(c9ccc(c%10ccc(c2c3%10)C1=O)c4c59)c86)C(=O)NC7=O. The van der Waals surface area contributed by atoms with Gasteiger partial charge in [0.2, 0.25) is 0 Å². The number of rotatable bonds is 0. The zero-order valence-electron chi connectivity index (χ0n) is 22.4. The third kappa shape index (κ3) is 2.49. The Kier molecular flexibility index (Phi) is 3.87. The molecule has 5 nitrogen and oxygen atoms in total. The van der Waals surface area contributed by atoms with Crippen molar-refractivity contribution >= 4 is 98.8 Å². The second-order valence-corrected chi connectivity index (χ2v) is 11.7. The van der Waals surface area contributed by atoms with Gasteiger partial charge >= 0.3 is 0 Å². The van der Waals surface area contributed by atoms with E-state index in [-0.39, 0.29) is 29.8 Å². The van der Waals surface area contributed by atoms with Crippen molar-refractivity contribution in [3.8, 4) is 12.3 Å². The summed E-state index contributed by atoms with van der Waals surface area (Å²) >= 11 is 0. The molecule has 0 aromatic heterocycles. The Balaban J connectivity index is 1.43. The number of Topliss-reactive ketones (excluding diaryl/α,β-unsaturated/α-hetero) is 2. The Morgan fingerprint density at radius 1 is 0.488 bits per heavy atom. The molecule has 198 valence electrons. The number of carbonyl (C=O) groups excluding carboxylic acids is 4. The highest BCUT2D eigenvalue weighted by Gasteiger charge is 2.32. The van der Waals surface area contributed by atoms with Crippen LogP contribution in [0, 0.1) is 18.3 Å².